The van der Waals surface area contributed by atoms with E-state index in [0.29, 0.717) is 13.1 Å². The summed E-state index contributed by atoms with van der Waals surface area (Å²) in [5.41, 5.74) is 5.28. The zero-order chi connectivity index (χ0) is 16.0. The molecule has 0 aliphatic carbocycles. The van der Waals surface area contributed by atoms with E-state index in [4.69, 9.17) is 17.3 Å². The number of hydrogen-bond acceptors (Lipinski definition) is 3. The summed E-state index contributed by atoms with van der Waals surface area (Å²) in [7, 11) is -3.75. The second kappa shape index (κ2) is 5.41. The fourth-order valence-electron chi connectivity index (χ4n) is 2.53. The second-order valence-corrected chi connectivity index (χ2v) is 8.83. The minimum atomic E-state index is -3.75. The lowest BCUT2D eigenvalue weighted by Crippen LogP contribution is -2.31. The van der Waals surface area contributed by atoms with Crippen molar-refractivity contribution in [2.24, 2.45) is 11.3 Å². The van der Waals surface area contributed by atoms with Gasteiger partial charge in [-0.1, -0.05) is 32.4 Å². The van der Waals surface area contributed by atoms with Crippen LogP contribution < -0.4 is 5.73 Å². The smallest absolute Gasteiger partial charge is 0.244 e. The molecule has 1 aliphatic heterocycles. The first-order valence-corrected chi connectivity index (χ1v) is 8.60. The zero-order valence-electron chi connectivity index (χ0n) is 12.4. The second-order valence-electron chi connectivity index (χ2n) is 6.52. The van der Waals surface area contributed by atoms with Crippen LogP contribution in [0.4, 0.5) is 10.1 Å². The summed E-state index contributed by atoms with van der Waals surface area (Å²) in [4.78, 5) is -0.127. The summed E-state index contributed by atoms with van der Waals surface area (Å²) in [6, 6.07) is 2.04. The van der Waals surface area contributed by atoms with E-state index in [9.17, 15) is 12.8 Å². The lowest BCUT2D eigenvalue weighted by atomic mass is 9.80. The van der Waals surface area contributed by atoms with E-state index in [1.165, 1.54) is 4.31 Å². The third kappa shape index (κ3) is 3.17. The van der Waals surface area contributed by atoms with E-state index < -0.39 is 15.8 Å². The van der Waals surface area contributed by atoms with Crippen LogP contribution in [0.5, 0.6) is 0 Å². The Morgan fingerprint density at radius 1 is 1.38 bits per heavy atom. The van der Waals surface area contributed by atoms with E-state index in [1.807, 2.05) is 0 Å². The molecule has 4 nitrogen and oxygen atoms in total. The molecule has 1 unspecified atom stereocenters. The maximum absolute atomic E-state index is 13.3. The van der Waals surface area contributed by atoms with Gasteiger partial charge in [0.2, 0.25) is 10.0 Å². The average Bonchev–Trinajstić information content (AvgIpc) is 2.83. The van der Waals surface area contributed by atoms with Crippen molar-refractivity contribution >= 4 is 27.3 Å². The summed E-state index contributed by atoms with van der Waals surface area (Å²) >= 11 is 5.89. The zero-order valence-corrected chi connectivity index (χ0v) is 13.9. The number of nitrogens with two attached hydrogens (primary N) is 1. The van der Waals surface area contributed by atoms with Crippen LogP contribution in [0.15, 0.2) is 17.0 Å². The van der Waals surface area contributed by atoms with Crippen molar-refractivity contribution in [3.8, 4) is 0 Å². The average molecular weight is 335 g/mol. The third-order valence-corrected chi connectivity index (χ3v) is 6.37. The SMILES string of the molecule is CC(C)(C)C1CCN(S(=O)(=O)c2cc(N)c(F)cc2Cl)C1. The summed E-state index contributed by atoms with van der Waals surface area (Å²) < 4.78 is 40.0. The Morgan fingerprint density at radius 3 is 2.52 bits per heavy atom. The molecular formula is C14H20ClFN2O2S. The summed E-state index contributed by atoms with van der Waals surface area (Å²) in [5.74, 6) is -0.434. The van der Waals surface area contributed by atoms with Crippen molar-refractivity contribution < 1.29 is 12.8 Å². The molecule has 1 aromatic rings. The lowest BCUT2D eigenvalue weighted by Gasteiger charge is -2.27. The van der Waals surface area contributed by atoms with Crippen molar-refractivity contribution in [1.82, 2.24) is 4.31 Å². The third-order valence-electron chi connectivity index (χ3n) is 4.04. The quantitative estimate of drug-likeness (QED) is 0.845. The highest BCUT2D eigenvalue weighted by atomic mass is 35.5. The normalized spacial score (nSPS) is 20.9. The highest BCUT2D eigenvalue weighted by Crippen LogP contribution is 2.37. The number of halogens is 2. The number of nitrogen functional groups attached to an aromatic ring is 1. The molecular weight excluding hydrogens is 315 g/mol. The van der Waals surface area contributed by atoms with Gasteiger partial charge in [0.15, 0.2) is 0 Å². The Kier molecular flexibility index (Phi) is 4.26. The minimum Gasteiger partial charge on any atom is -0.396 e. The summed E-state index contributed by atoms with van der Waals surface area (Å²) in [5, 5.41) is -0.138. The molecule has 0 saturated carbocycles. The largest absolute Gasteiger partial charge is 0.396 e. The standard InChI is InChI=1S/C14H20ClFN2O2S/c1-14(2,3)9-4-5-18(8-9)21(19,20)13-7-12(17)11(16)6-10(13)15/h6-7,9H,4-5,8,17H2,1-3H3. The summed E-state index contributed by atoms with van der Waals surface area (Å²) in [6.45, 7) is 7.17. The van der Waals surface area contributed by atoms with Gasteiger partial charge in [0.25, 0.3) is 0 Å². The Morgan fingerprint density at radius 2 is 2.00 bits per heavy atom. The molecule has 1 fully saturated rings. The molecule has 1 heterocycles. The van der Waals surface area contributed by atoms with E-state index in [1.54, 1.807) is 0 Å². The van der Waals surface area contributed by atoms with Crippen LogP contribution in [0.3, 0.4) is 0 Å². The summed E-state index contributed by atoms with van der Waals surface area (Å²) in [6.07, 6.45) is 0.803. The lowest BCUT2D eigenvalue weighted by molar-refractivity contribution is 0.252. The fourth-order valence-corrected chi connectivity index (χ4v) is 4.56. The molecule has 0 amide bonds. The minimum absolute atomic E-state index is 0.0376. The molecule has 1 saturated heterocycles. The topological polar surface area (TPSA) is 63.4 Å². The first kappa shape index (κ1) is 16.5. The fraction of sp³-hybridized carbons (Fsp3) is 0.571. The Labute approximate surface area is 130 Å². The van der Waals surface area contributed by atoms with Crippen molar-refractivity contribution in [2.75, 3.05) is 18.8 Å². The number of rotatable bonds is 2. The van der Waals surface area contributed by atoms with E-state index in [2.05, 4.69) is 20.8 Å². The first-order valence-electron chi connectivity index (χ1n) is 6.78. The molecule has 0 spiro atoms. The van der Waals surface area contributed by atoms with E-state index in [-0.39, 0.29) is 26.9 Å². The molecule has 1 aromatic carbocycles. The van der Waals surface area contributed by atoms with Gasteiger partial charge in [-0.3, -0.25) is 0 Å². The van der Waals surface area contributed by atoms with Gasteiger partial charge in [-0.05, 0) is 29.9 Å². The Balaban J connectivity index is 2.34. The van der Waals surface area contributed by atoms with Gasteiger partial charge in [0.1, 0.15) is 10.7 Å². The maximum Gasteiger partial charge on any atom is 0.244 e. The molecule has 21 heavy (non-hydrogen) atoms. The number of nitrogens with zero attached hydrogens (tertiary/aromatic N) is 1. The number of anilines is 1. The van der Waals surface area contributed by atoms with Crippen LogP contribution in [0.2, 0.25) is 5.02 Å². The predicted octanol–water partition coefficient (Wildman–Crippen LogP) is 3.12. The van der Waals surface area contributed by atoms with Gasteiger partial charge in [-0.25, -0.2) is 12.8 Å². The van der Waals surface area contributed by atoms with Crippen molar-refractivity contribution in [2.45, 2.75) is 32.1 Å². The van der Waals surface area contributed by atoms with Crippen molar-refractivity contribution in [3.63, 3.8) is 0 Å². The molecule has 2 rings (SSSR count). The highest BCUT2D eigenvalue weighted by molar-refractivity contribution is 7.89. The van der Waals surface area contributed by atoms with Gasteiger partial charge in [-0.2, -0.15) is 4.31 Å². The Hall–Kier alpha value is -0.850. The van der Waals surface area contributed by atoms with Gasteiger partial charge >= 0.3 is 0 Å². The molecule has 1 atom stereocenters. The van der Waals surface area contributed by atoms with Crippen LogP contribution >= 0.6 is 11.6 Å². The molecule has 7 heteroatoms. The van der Waals surface area contributed by atoms with Crippen molar-refractivity contribution in [1.29, 1.82) is 0 Å². The molecule has 0 bridgehead atoms. The molecule has 0 aromatic heterocycles. The monoisotopic (exact) mass is 334 g/mol. The molecule has 118 valence electrons. The Bertz CT molecular complexity index is 656. The first-order chi connectivity index (χ1) is 9.53. The number of benzene rings is 1. The maximum atomic E-state index is 13.3. The van der Waals surface area contributed by atoms with Gasteiger partial charge in [-0.15, -0.1) is 0 Å². The van der Waals surface area contributed by atoms with Gasteiger partial charge in [0, 0.05) is 13.1 Å². The number of sulfonamides is 1. The van der Waals surface area contributed by atoms with Crippen molar-refractivity contribution in [3.05, 3.63) is 23.0 Å². The van der Waals surface area contributed by atoms with Gasteiger partial charge in [0.05, 0.1) is 10.7 Å². The van der Waals surface area contributed by atoms with Gasteiger partial charge < -0.3 is 5.73 Å². The van der Waals surface area contributed by atoms with Crippen LogP contribution in [0, 0.1) is 17.2 Å². The van der Waals surface area contributed by atoms with Crippen LogP contribution in [0.25, 0.3) is 0 Å². The highest BCUT2D eigenvalue weighted by Gasteiger charge is 2.38. The molecule has 0 radical (unpaired) electrons. The van der Waals surface area contributed by atoms with E-state index >= 15 is 0 Å². The predicted molar refractivity (Wildman–Crippen MR) is 82.1 cm³/mol. The molecule has 2 N–H and O–H groups in total. The molecule has 1 aliphatic rings. The van der Waals surface area contributed by atoms with Crippen LogP contribution in [-0.4, -0.2) is 25.8 Å². The van der Waals surface area contributed by atoms with E-state index in [0.717, 1.165) is 18.6 Å². The van der Waals surface area contributed by atoms with Crippen LogP contribution in [-0.2, 0) is 10.0 Å². The number of hydrogen-bond donors (Lipinski definition) is 1. The van der Waals surface area contributed by atoms with Crippen LogP contribution in [0.1, 0.15) is 27.2 Å².